The number of rotatable bonds is 3. The zero-order valence-corrected chi connectivity index (χ0v) is 9.78. The zero-order chi connectivity index (χ0) is 12.3. The van der Waals surface area contributed by atoms with Crippen LogP contribution in [0, 0.1) is 0 Å². The summed E-state index contributed by atoms with van der Waals surface area (Å²) in [7, 11) is 0. The molecule has 1 amide bonds. The second kappa shape index (κ2) is 5.73. The van der Waals surface area contributed by atoms with Gasteiger partial charge in [-0.1, -0.05) is 0 Å². The molecule has 98 valence electrons. The standard InChI is InChI=1S/C11H18F2N2O2/c12-10(13)11(16)15-5-3-14(4-6-15)8-9-2-1-7-17-9/h9-10H,1-8H2. The Morgan fingerprint density at radius 3 is 2.53 bits per heavy atom. The van der Waals surface area contributed by atoms with Crippen molar-refractivity contribution < 1.29 is 18.3 Å². The maximum Gasteiger partial charge on any atom is 0.315 e. The molecule has 4 nitrogen and oxygen atoms in total. The summed E-state index contributed by atoms with van der Waals surface area (Å²) in [6, 6.07) is 0. The summed E-state index contributed by atoms with van der Waals surface area (Å²) in [5.74, 6) is -1.04. The molecule has 0 N–H and O–H groups in total. The molecule has 0 spiro atoms. The highest BCUT2D eigenvalue weighted by atomic mass is 19.3. The molecule has 0 aromatic heterocycles. The highest BCUT2D eigenvalue weighted by molar-refractivity contribution is 5.79. The summed E-state index contributed by atoms with van der Waals surface area (Å²) < 4.78 is 30.0. The van der Waals surface area contributed by atoms with Gasteiger partial charge in [-0.3, -0.25) is 9.69 Å². The molecule has 0 bridgehead atoms. The van der Waals surface area contributed by atoms with E-state index in [0.29, 0.717) is 26.2 Å². The number of ether oxygens (including phenoxy) is 1. The van der Waals surface area contributed by atoms with Crippen molar-refractivity contribution in [2.75, 3.05) is 39.3 Å². The first kappa shape index (κ1) is 12.7. The second-order valence-electron chi connectivity index (χ2n) is 4.56. The third kappa shape index (κ3) is 3.35. The molecule has 2 aliphatic heterocycles. The monoisotopic (exact) mass is 248 g/mol. The second-order valence-corrected chi connectivity index (χ2v) is 4.56. The number of alkyl halides is 2. The van der Waals surface area contributed by atoms with Crippen LogP contribution in [0.15, 0.2) is 0 Å². The molecule has 1 unspecified atom stereocenters. The number of halogens is 2. The Morgan fingerprint density at radius 1 is 1.29 bits per heavy atom. The van der Waals surface area contributed by atoms with Gasteiger partial charge in [0.1, 0.15) is 0 Å². The number of carbonyl (C=O) groups is 1. The molecule has 17 heavy (non-hydrogen) atoms. The van der Waals surface area contributed by atoms with Crippen LogP contribution in [0.25, 0.3) is 0 Å². The molecular weight excluding hydrogens is 230 g/mol. The third-order valence-corrected chi connectivity index (χ3v) is 3.36. The van der Waals surface area contributed by atoms with Gasteiger partial charge in [-0.15, -0.1) is 0 Å². The minimum Gasteiger partial charge on any atom is -0.377 e. The van der Waals surface area contributed by atoms with E-state index in [0.717, 1.165) is 26.0 Å². The lowest BCUT2D eigenvalue weighted by atomic mass is 10.2. The van der Waals surface area contributed by atoms with Gasteiger partial charge < -0.3 is 9.64 Å². The predicted octanol–water partition coefficient (Wildman–Crippen LogP) is 0.575. The van der Waals surface area contributed by atoms with Crippen LogP contribution in [0.3, 0.4) is 0 Å². The minimum atomic E-state index is -2.88. The molecule has 0 saturated carbocycles. The average molecular weight is 248 g/mol. The lowest BCUT2D eigenvalue weighted by molar-refractivity contribution is -0.144. The van der Waals surface area contributed by atoms with E-state index in [9.17, 15) is 13.6 Å². The van der Waals surface area contributed by atoms with Crippen molar-refractivity contribution >= 4 is 5.91 Å². The molecular formula is C11H18F2N2O2. The normalized spacial score (nSPS) is 26.8. The number of nitrogens with zero attached hydrogens (tertiary/aromatic N) is 2. The van der Waals surface area contributed by atoms with Gasteiger partial charge in [0.05, 0.1) is 6.10 Å². The SMILES string of the molecule is O=C(C(F)F)N1CCN(CC2CCCO2)CC1. The smallest absolute Gasteiger partial charge is 0.315 e. The van der Waals surface area contributed by atoms with Gasteiger partial charge in [0.25, 0.3) is 5.91 Å². The average Bonchev–Trinajstić information content (AvgIpc) is 2.82. The van der Waals surface area contributed by atoms with Gasteiger partial charge in [-0.05, 0) is 12.8 Å². The number of hydrogen-bond acceptors (Lipinski definition) is 3. The highest BCUT2D eigenvalue weighted by Gasteiger charge is 2.28. The maximum atomic E-state index is 12.2. The molecule has 2 aliphatic rings. The van der Waals surface area contributed by atoms with E-state index in [1.807, 2.05) is 0 Å². The van der Waals surface area contributed by atoms with Gasteiger partial charge in [-0.25, -0.2) is 0 Å². The van der Waals surface area contributed by atoms with Gasteiger partial charge in [0.15, 0.2) is 0 Å². The Morgan fingerprint density at radius 2 is 2.00 bits per heavy atom. The summed E-state index contributed by atoms with van der Waals surface area (Å²) in [5, 5.41) is 0. The first-order valence-corrected chi connectivity index (χ1v) is 6.07. The molecule has 2 rings (SSSR count). The fourth-order valence-electron chi connectivity index (χ4n) is 2.37. The molecule has 1 atom stereocenters. The van der Waals surface area contributed by atoms with E-state index >= 15 is 0 Å². The van der Waals surface area contributed by atoms with Crippen molar-refractivity contribution in [3.05, 3.63) is 0 Å². The first-order valence-electron chi connectivity index (χ1n) is 6.07. The van der Waals surface area contributed by atoms with E-state index in [2.05, 4.69) is 4.90 Å². The predicted molar refractivity (Wildman–Crippen MR) is 58.0 cm³/mol. The van der Waals surface area contributed by atoms with E-state index in [1.165, 1.54) is 4.90 Å². The molecule has 2 fully saturated rings. The van der Waals surface area contributed by atoms with Gasteiger partial charge in [-0.2, -0.15) is 8.78 Å². The first-order chi connectivity index (χ1) is 8.16. The van der Waals surface area contributed by atoms with Crippen molar-refractivity contribution in [1.82, 2.24) is 9.80 Å². The number of amides is 1. The van der Waals surface area contributed by atoms with Crippen LogP contribution in [-0.2, 0) is 9.53 Å². The molecule has 0 radical (unpaired) electrons. The molecule has 6 heteroatoms. The maximum absolute atomic E-state index is 12.2. The van der Waals surface area contributed by atoms with Gasteiger partial charge >= 0.3 is 6.43 Å². The summed E-state index contributed by atoms with van der Waals surface area (Å²) in [4.78, 5) is 14.5. The Bertz CT molecular complexity index is 262. The largest absolute Gasteiger partial charge is 0.377 e. The minimum absolute atomic E-state index is 0.285. The Balaban J connectivity index is 1.72. The topological polar surface area (TPSA) is 32.8 Å². The van der Waals surface area contributed by atoms with Crippen LogP contribution in [0.1, 0.15) is 12.8 Å². The lowest BCUT2D eigenvalue weighted by Crippen LogP contribution is -2.51. The number of hydrogen-bond donors (Lipinski definition) is 0. The fraction of sp³-hybridized carbons (Fsp3) is 0.909. The highest BCUT2D eigenvalue weighted by Crippen LogP contribution is 2.15. The number of carbonyl (C=O) groups excluding carboxylic acids is 1. The van der Waals surface area contributed by atoms with Crippen LogP contribution < -0.4 is 0 Å². The molecule has 0 aromatic carbocycles. The summed E-state index contributed by atoms with van der Waals surface area (Å²) in [6.07, 6.45) is -0.405. The van der Waals surface area contributed by atoms with Gasteiger partial charge in [0.2, 0.25) is 0 Å². The summed E-state index contributed by atoms with van der Waals surface area (Å²) >= 11 is 0. The van der Waals surface area contributed by atoms with Crippen LogP contribution in [-0.4, -0.2) is 67.6 Å². The Hall–Kier alpha value is -0.750. The Kier molecular flexibility index (Phi) is 4.28. The van der Waals surface area contributed by atoms with Crippen molar-refractivity contribution in [1.29, 1.82) is 0 Å². The summed E-state index contributed by atoms with van der Waals surface area (Å²) in [6.45, 7) is 3.81. The van der Waals surface area contributed by atoms with Crippen LogP contribution in [0.4, 0.5) is 8.78 Å². The Labute approximate surface area is 99.5 Å². The molecule has 2 heterocycles. The van der Waals surface area contributed by atoms with E-state index in [-0.39, 0.29) is 6.10 Å². The zero-order valence-electron chi connectivity index (χ0n) is 9.78. The van der Waals surface area contributed by atoms with Crippen molar-refractivity contribution in [2.45, 2.75) is 25.4 Å². The lowest BCUT2D eigenvalue weighted by Gasteiger charge is -2.35. The van der Waals surface area contributed by atoms with Gasteiger partial charge in [0, 0.05) is 39.3 Å². The summed E-state index contributed by atoms with van der Waals surface area (Å²) in [5.41, 5.74) is 0. The molecule has 0 aliphatic carbocycles. The van der Waals surface area contributed by atoms with Crippen molar-refractivity contribution in [2.24, 2.45) is 0 Å². The molecule has 2 saturated heterocycles. The van der Waals surface area contributed by atoms with Crippen LogP contribution >= 0.6 is 0 Å². The van der Waals surface area contributed by atoms with Crippen LogP contribution in [0.5, 0.6) is 0 Å². The van der Waals surface area contributed by atoms with E-state index in [4.69, 9.17) is 4.74 Å². The van der Waals surface area contributed by atoms with E-state index < -0.39 is 12.3 Å². The van der Waals surface area contributed by atoms with E-state index in [1.54, 1.807) is 0 Å². The van der Waals surface area contributed by atoms with Crippen molar-refractivity contribution in [3.8, 4) is 0 Å². The fourth-order valence-corrected chi connectivity index (χ4v) is 2.37. The molecule has 0 aromatic rings. The van der Waals surface area contributed by atoms with Crippen molar-refractivity contribution in [3.63, 3.8) is 0 Å². The number of piperazine rings is 1. The van der Waals surface area contributed by atoms with Crippen LogP contribution in [0.2, 0.25) is 0 Å². The quantitative estimate of drug-likeness (QED) is 0.732. The third-order valence-electron chi connectivity index (χ3n) is 3.36.